The Morgan fingerprint density at radius 2 is 1.46 bits per heavy atom. The maximum atomic E-state index is 12.2. The fourth-order valence-corrected chi connectivity index (χ4v) is 3.45. The number of hydrogen-bond acceptors (Lipinski definition) is 5. The summed E-state index contributed by atoms with van der Waals surface area (Å²) in [6.07, 6.45) is 1.05. The Labute approximate surface area is 218 Å². The van der Waals surface area contributed by atoms with Crippen LogP contribution in [0.2, 0.25) is 0 Å². The molecule has 0 saturated heterocycles. The zero-order valence-corrected chi connectivity index (χ0v) is 22.0. The summed E-state index contributed by atoms with van der Waals surface area (Å²) in [4.78, 5) is 36.3. The van der Waals surface area contributed by atoms with Gasteiger partial charge in [-0.3, -0.25) is 14.4 Å². The fourth-order valence-electron chi connectivity index (χ4n) is 3.45. The van der Waals surface area contributed by atoms with Crippen molar-refractivity contribution < 1.29 is 23.9 Å². The standard InChI is InChI=1S/C30H34N2O5/c1-6-30(4,5)23-9-13-25(14-10-23)37-26-15-11-24(12-16-26)32-27(33)19-36-28(34)18-31-29(35)22-8-7-20(2)21(3)17-22/h7-17H,6,18-19H2,1-5H3,(H,31,35)(H,32,33). The Balaban J connectivity index is 1.42. The number of rotatable bonds is 10. The van der Waals surface area contributed by atoms with E-state index in [0.717, 1.165) is 23.3 Å². The van der Waals surface area contributed by atoms with E-state index in [9.17, 15) is 14.4 Å². The Morgan fingerprint density at radius 1 is 0.838 bits per heavy atom. The van der Waals surface area contributed by atoms with Crippen LogP contribution < -0.4 is 15.4 Å². The normalized spacial score (nSPS) is 10.9. The minimum absolute atomic E-state index is 0.112. The molecule has 0 aliphatic heterocycles. The summed E-state index contributed by atoms with van der Waals surface area (Å²) in [7, 11) is 0. The van der Waals surface area contributed by atoms with Crippen molar-refractivity contribution in [3.05, 3.63) is 89.0 Å². The molecule has 0 aliphatic rings. The van der Waals surface area contributed by atoms with Crippen LogP contribution in [0.15, 0.2) is 66.7 Å². The first kappa shape index (κ1) is 27.5. The quantitative estimate of drug-likeness (QED) is 0.347. The molecule has 3 rings (SSSR count). The van der Waals surface area contributed by atoms with Crippen molar-refractivity contribution in [3.8, 4) is 11.5 Å². The summed E-state index contributed by atoms with van der Waals surface area (Å²) in [5.41, 5.74) is 4.42. The van der Waals surface area contributed by atoms with E-state index in [1.54, 1.807) is 36.4 Å². The third kappa shape index (κ3) is 7.93. The molecular formula is C30H34N2O5. The molecule has 0 aliphatic carbocycles. The van der Waals surface area contributed by atoms with Crippen molar-refractivity contribution in [2.24, 2.45) is 0 Å². The molecule has 0 spiro atoms. The Bertz CT molecular complexity index is 1250. The molecule has 0 unspecified atom stereocenters. The van der Waals surface area contributed by atoms with Gasteiger partial charge in [0.15, 0.2) is 6.61 Å². The van der Waals surface area contributed by atoms with Gasteiger partial charge < -0.3 is 20.1 Å². The van der Waals surface area contributed by atoms with Crippen LogP contribution in [0.25, 0.3) is 0 Å². The number of ether oxygens (including phenoxy) is 2. The van der Waals surface area contributed by atoms with Gasteiger partial charge in [0, 0.05) is 11.3 Å². The molecule has 0 heterocycles. The minimum Gasteiger partial charge on any atom is -0.457 e. The van der Waals surface area contributed by atoms with Gasteiger partial charge in [0.1, 0.15) is 18.0 Å². The molecule has 194 valence electrons. The van der Waals surface area contributed by atoms with Crippen LogP contribution in [0.3, 0.4) is 0 Å². The van der Waals surface area contributed by atoms with Crippen LogP contribution in [0.5, 0.6) is 11.5 Å². The van der Waals surface area contributed by atoms with Gasteiger partial charge in [0.25, 0.3) is 11.8 Å². The molecule has 0 fully saturated rings. The first-order chi connectivity index (χ1) is 17.6. The van der Waals surface area contributed by atoms with E-state index in [0.29, 0.717) is 17.0 Å². The third-order valence-electron chi connectivity index (χ3n) is 6.42. The van der Waals surface area contributed by atoms with E-state index in [2.05, 4.69) is 43.5 Å². The van der Waals surface area contributed by atoms with Crippen LogP contribution in [0.1, 0.15) is 54.2 Å². The third-order valence-corrected chi connectivity index (χ3v) is 6.42. The first-order valence-corrected chi connectivity index (χ1v) is 12.3. The summed E-state index contributed by atoms with van der Waals surface area (Å²) < 4.78 is 10.9. The van der Waals surface area contributed by atoms with Crippen molar-refractivity contribution in [2.75, 3.05) is 18.5 Å². The van der Waals surface area contributed by atoms with Gasteiger partial charge >= 0.3 is 5.97 Å². The number of nitrogens with one attached hydrogen (secondary N) is 2. The topological polar surface area (TPSA) is 93.7 Å². The lowest BCUT2D eigenvalue weighted by Crippen LogP contribution is -2.32. The molecule has 7 heteroatoms. The number of carbonyl (C=O) groups excluding carboxylic acids is 3. The number of anilines is 1. The van der Waals surface area contributed by atoms with Crippen LogP contribution in [-0.2, 0) is 19.7 Å². The van der Waals surface area contributed by atoms with E-state index in [1.807, 2.05) is 32.0 Å². The summed E-state index contributed by atoms with van der Waals surface area (Å²) in [6, 6.07) is 20.2. The second-order valence-corrected chi connectivity index (χ2v) is 9.58. The predicted molar refractivity (Wildman–Crippen MR) is 144 cm³/mol. The number of benzene rings is 3. The predicted octanol–water partition coefficient (Wildman–Crippen LogP) is 5.70. The number of esters is 1. The SMILES string of the molecule is CCC(C)(C)c1ccc(Oc2ccc(NC(=O)COC(=O)CNC(=O)c3ccc(C)c(C)c3)cc2)cc1. The van der Waals surface area contributed by atoms with Gasteiger partial charge in [0.05, 0.1) is 0 Å². The maximum absolute atomic E-state index is 12.2. The van der Waals surface area contributed by atoms with E-state index >= 15 is 0 Å². The van der Waals surface area contributed by atoms with E-state index in [-0.39, 0.29) is 17.9 Å². The lowest BCUT2D eigenvalue weighted by atomic mass is 9.82. The fraction of sp³-hybridized carbons (Fsp3) is 0.300. The molecule has 0 atom stereocenters. The van der Waals surface area contributed by atoms with Crippen LogP contribution in [0, 0.1) is 13.8 Å². The zero-order valence-electron chi connectivity index (χ0n) is 22.0. The molecule has 0 saturated carbocycles. The molecule has 2 N–H and O–H groups in total. The van der Waals surface area contributed by atoms with Gasteiger partial charge in [-0.1, -0.05) is 39.0 Å². The Kier molecular flexibility index (Phi) is 9.06. The molecule has 3 aromatic rings. The van der Waals surface area contributed by atoms with Gasteiger partial charge in [0.2, 0.25) is 0 Å². The highest BCUT2D eigenvalue weighted by atomic mass is 16.5. The average Bonchev–Trinajstić information content (AvgIpc) is 2.89. The number of carbonyl (C=O) groups is 3. The smallest absolute Gasteiger partial charge is 0.325 e. The lowest BCUT2D eigenvalue weighted by molar-refractivity contribution is -0.146. The van der Waals surface area contributed by atoms with Gasteiger partial charge in [-0.15, -0.1) is 0 Å². The number of amides is 2. The molecule has 0 bridgehead atoms. The molecule has 0 aromatic heterocycles. The van der Waals surface area contributed by atoms with Crippen LogP contribution >= 0.6 is 0 Å². The van der Waals surface area contributed by atoms with Crippen molar-refractivity contribution in [2.45, 2.75) is 46.5 Å². The summed E-state index contributed by atoms with van der Waals surface area (Å²) in [6.45, 7) is 9.66. The first-order valence-electron chi connectivity index (χ1n) is 12.3. The zero-order chi connectivity index (χ0) is 27.0. The Hall–Kier alpha value is -4.13. The van der Waals surface area contributed by atoms with E-state index in [1.165, 1.54) is 5.56 Å². The minimum atomic E-state index is -0.704. The summed E-state index contributed by atoms with van der Waals surface area (Å²) in [5, 5.41) is 5.16. The monoisotopic (exact) mass is 502 g/mol. The number of hydrogen-bond donors (Lipinski definition) is 2. The van der Waals surface area contributed by atoms with Gasteiger partial charge in [-0.05, 0) is 90.9 Å². The van der Waals surface area contributed by atoms with Gasteiger partial charge in [-0.25, -0.2) is 0 Å². The largest absolute Gasteiger partial charge is 0.457 e. The highest BCUT2D eigenvalue weighted by molar-refractivity contribution is 5.96. The van der Waals surface area contributed by atoms with Crippen molar-refractivity contribution >= 4 is 23.5 Å². The second kappa shape index (κ2) is 12.2. The Morgan fingerprint density at radius 3 is 2.05 bits per heavy atom. The van der Waals surface area contributed by atoms with E-state index < -0.39 is 18.5 Å². The van der Waals surface area contributed by atoms with Crippen LogP contribution in [0.4, 0.5) is 5.69 Å². The summed E-state index contributed by atoms with van der Waals surface area (Å²) >= 11 is 0. The lowest BCUT2D eigenvalue weighted by Gasteiger charge is -2.23. The maximum Gasteiger partial charge on any atom is 0.325 e. The highest BCUT2D eigenvalue weighted by Crippen LogP contribution is 2.30. The molecule has 0 radical (unpaired) electrons. The molecule has 37 heavy (non-hydrogen) atoms. The summed E-state index contributed by atoms with van der Waals surface area (Å²) in [5.74, 6) is -0.219. The van der Waals surface area contributed by atoms with Crippen molar-refractivity contribution in [1.29, 1.82) is 0 Å². The van der Waals surface area contributed by atoms with Crippen molar-refractivity contribution in [1.82, 2.24) is 5.32 Å². The van der Waals surface area contributed by atoms with Crippen LogP contribution in [-0.4, -0.2) is 30.9 Å². The molecule has 7 nitrogen and oxygen atoms in total. The second-order valence-electron chi connectivity index (χ2n) is 9.58. The molecule has 3 aromatic carbocycles. The van der Waals surface area contributed by atoms with Crippen molar-refractivity contribution in [3.63, 3.8) is 0 Å². The molecule has 2 amide bonds. The number of aryl methyl sites for hydroxylation is 2. The average molecular weight is 503 g/mol. The highest BCUT2D eigenvalue weighted by Gasteiger charge is 2.17. The van der Waals surface area contributed by atoms with Gasteiger partial charge in [-0.2, -0.15) is 0 Å². The molecular weight excluding hydrogens is 468 g/mol. The van der Waals surface area contributed by atoms with E-state index in [4.69, 9.17) is 9.47 Å².